The third kappa shape index (κ3) is 5.45. The highest BCUT2D eigenvalue weighted by molar-refractivity contribution is 5.74. The smallest absolute Gasteiger partial charge is 0.416 e. The Balaban J connectivity index is 1.44. The SMILES string of the molecule is C/C(=C\N1C[C@](C)(COc2cccc(-n3cc(-c4ccc(C(F)(F)F)cc4)nn3)c2)OC1=N)[N+](=O)[O-]. The highest BCUT2D eigenvalue weighted by atomic mass is 19.4. The van der Waals surface area contributed by atoms with Crippen LogP contribution < -0.4 is 4.74 Å². The number of benzene rings is 2. The van der Waals surface area contributed by atoms with Gasteiger partial charge in [-0.3, -0.25) is 20.4 Å². The third-order valence-corrected chi connectivity index (χ3v) is 5.37. The van der Waals surface area contributed by atoms with Crippen LogP contribution >= 0.6 is 0 Å². The van der Waals surface area contributed by atoms with E-state index in [2.05, 4.69) is 10.3 Å². The van der Waals surface area contributed by atoms with Gasteiger partial charge in [-0.25, -0.2) is 4.68 Å². The molecule has 0 radical (unpaired) electrons. The van der Waals surface area contributed by atoms with Gasteiger partial charge in [-0.15, -0.1) is 5.10 Å². The van der Waals surface area contributed by atoms with Gasteiger partial charge >= 0.3 is 6.18 Å². The van der Waals surface area contributed by atoms with Gasteiger partial charge in [-0.1, -0.05) is 23.4 Å². The van der Waals surface area contributed by atoms with Crippen molar-refractivity contribution in [2.45, 2.75) is 25.6 Å². The van der Waals surface area contributed by atoms with Crippen molar-refractivity contribution in [3.05, 3.63) is 82.3 Å². The fraction of sp³-hybridized carbons (Fsp3) is 0.261. The van der Waals surface area contributed by atoms with Crippen molar-refractivity contribution < 1.29 is 27.6 Å². The molecule has 36 heavy (non-hydrogen) atoms. The molecule has 2 aromatic carbocycles. The van der Waals surface area contributed by atoms with E-state index in [0.29, 0.717) is 22.7 Å². The normalized spacial score (nSPS) is 18.3. The summed E-state index contributed by atoms with van der Waals surface area (Å²) >= 11 is 0. The topological polar surface area (TPSA) is 119 Å². The van der Waals surface area contributed by atoms with E-state index in [1.54, 1.807) is 37.4 Å². The average Bonchev–Trinajstić information content (AvgIpc) is 3.42. The largest absolute Gasteiger partial charge is 0.489 e. The molecule has 13 heteroatoms. The van der Waals surface area contributed by atoms with Gasteiger partial charge in [0.25, 0.3) is 11.7 Å². The number of nitro groups is 1. The van der Waals surface area contributed by atoms with Crippen molar-refractivity contribution in [1.82, 2.24) is 19.9 Å². The van der Waals surface area contributed by atoms with Crippen molar-refractivity contribution in [3.8, 4) is 22.7 Å². The van der Waals surface area contributed by atoms with E-state index in [4.69, 9.17) is 14.9 Å². The van der Waals surface area contributed by atoms with Crippen molar-refractivity contribution in [2.75, 3.05) is 13.2 Å². The number of halogens is 3. The van der Waals surface area contributed by atoms with Crippen molar-refractivity contribution in [2.24, 2.45) is 0 Å². The second-order valence-corrected chi connectivity index (χ2v) is 8.42. The van der Waals surface area contributed by atoms with Crippen LogP contribution in [0.5, 0.6) is 5.75 Å². The summed E-state index contributed by atoms with van der Waals surface area (Å²) in [5.74, 6) is 0.478. The fourth-order valence-corrected chi connectivity index (χ4v) is 3.51. The number of hydrogen-bond acceptors (Lipinski definition) is 7. The highest BCUT2D eigenvalue weighted by Gasteiger charge is 2.40. The summed E-state index contributed by atoms with van der Waals surface area (Å²) in [6, 6.07) is 11.3. The zero-order chi connectivity index (χ0) is 26.1. The number of aromatic nitrogens is 3. The van der Waals surface area contributed by atoms with Crippen LogP contribution in [0.1, 0.15) is 19.4 Å². The summed E-state index contributed by atoms with van der Waals surface area (Å²) in [5.41, 5.74) is -0.284. The van der Waals surface area contributed by atoms with Crippen LogP contribution in [0.2, 0.25) is 0 Å². The van der Waals surface area contributed by atoms with Gasteiger partial charge in [0.05, 0.1) is 35.1 Å². The molecule has 1 saturated heterocycles. The van der Waals surface area contributed by atoms with E-state index in [1.165, 1.54) is 34.8 Å². The molecule has 3 aromatic rings. The van der Waals surface area contributed by atoms with E-state index in [0.717, 1.165) is 12.1 Å². The second-order valence-electron chi connectivity index (χ2n) is 8.42. The lowest BCUT2D eigenvalue weighted by molar-refractivity contribution is -0.425. The maximum Gasteiger partial charge on any atom is 0.416 e. The minimum Gasteiger partial charge on any atom is -0.489 e. The molecule has 1 aromatic heterocycles. The van der Waals surface area contributed by atoms with E-state index < -0.39 is 22.3 Å². The van der Waals surface area contributed by atoms with E-state index in [9.17, 15) is 23.3 Å². The van der Waals surface area contributed by atoms with Gasteiger partial charge in [0.1, 0.15) is 18.1 Å². The zero-order valence-corrected chi connectivity index (χ0v) is 19.2. The summed E-state index contributed by atoms with van der Waals surface area (Å²) in [4.78, 5) is 11.7. The van der Waals surface area contributed by atoms with Gasteiger partial charge in [0.2, 0.25) is 0 Å². The molecule has 1 fully saturated rings. The van der Waals surface area contributed by atoms with Crippen molar-refractivity contribution in [1.29, 1.82) is 5.41 Å². The lowest BCUT2D eigenvalue weighted by Gasteiger charge is -2.22. The summed E-state index contributed by atoms with van der Waals surface area (Å²) in [7, 11) is 0. The summed E-state index contributed by atoms with van der Waals surface area (Å²) in [6.45, 7) is 3.32. The Morgan fingerprint density at radius 3 is 2.69 bits per heavy atom. The van der Waals surface area contributed by atoms with E-state index in [1.807, 2.05) is 0 Å². The Hall–Kier alpha value is -4.42. The molecule has 0 bridgehead atoms. The summed E-state index contributed by atoms with van der Waals surface area (Å²) < 4.78 is 51.3. The number of ether oxygens (including phenoxy) is 2. The molecule has 0 unspecified atom stereocenters. The van der Waals surface area contributed by atoms with Gasteiger partial charge in [0.15, 0.2) is 5.60 Å². The molecule has 0 aliphatic carbocycles. The van der Waals surface area contributed by atoms with Crippen molar-refractivity contribution >= 4 is 6.02 Å². The van der Waals surface area contributed by atoms with Gasteiger partial charge in [-0.2, -0.15) is 13.2 Å². The Morgan fingerprint density at radius 1 is 1.31 bits per heavy atom. The molecule has 1 aliphatic rings. The van der Waals surface area contributed by atoms with E-state index in [-0.39, 0.29) is 24.9 Å². The molecule has 4 rings (SSSR count). The standard InChI is InChI=1S/C23H21F3N6O4/c1-15(32(33)34)11-30-13-22(2,36-21(30)27)14-35-19-5-3-4-18(10-19)31-12-20(28-29-31)16-6-8-17(9-7-16)23(24,25)26/h3-12,27H,13-14H2,1-2H3/b15-11+,27-21?/t22-/m1/s1. The van der Waals surface area contributed by atoms with Crippen LogP contribution in [0.25, 0.3) is 16.9 Å². The number of nitrogens with zero attached hydrogens (tertiary/aromatic N) is 5. The molecule has 0 spiro atoms. The van der Waals surface area contributed by atoms with Crippen LogP contribution in [0, 0.1) is 15.5 Å². The average molecular weight is 502 g/mol. The number of alkyl halides is 3. The van der Waals surface area contributed by atoms with Crippen LogP contribution in [0.4, 0.5) is 13.2 Å². The Labute approximate surface area is 203 Å². The first-order valence-corrected chi connectivity index (χ1v) is 10.6. The van der Waals surface area contributed by atoms with Crippen molar-refractivity contribution in [3.63, 3.8) is 0 Å². The first-order valence-electron chi connectivity index (χ1n) is 10.6. The zero-order valence-electron chi connectivity index (χ0n) is 19.2. The first-order chi connectivity index (χ1) is 16.9. The van der Waals surface area contributed by atoms with Gasteiger partial charge < -0.3 is 9.47 Å². The minimum atomic E-state index is -4.42. The lowest BCUT2D eigenvalue weighted by Crippen LogP contribution is -2.36. The molecule has 1 N–H and O–H groups in total. The maximum atomic E-state index is 12.8. The number of allylic oxidation sites excluding steroid dienone is 1. The monoisotopic (exact) mass is 502 g/mol. The van der Waals surface area contributed by atoms with Gasteiger partial charge in [-0.05, 0) is 31.2 Å². The molecule has 188 valence electrons. The quantitative estimate of drug-likeness (QED) is 0.373. The molecule has 10 nitrogen and oxygen atoms in total. The maximum absolute atomic E-state index is 12.8. The van der Waals surface area contributed by atoms with Crippen LogP contribution in [-0.2, 0) is 10.9 Å². The van der Waals surface area contributed by atoms with Crippen LogP contribution in [0.3, 0.4) is 0 Å². The second kappa shape index (κ2) is 9.32. The number of hydrogen-bond donors (Lipinski definition) is 1. The number of nitrogens with one attached hydrogen (secondary N) is 1. The molecule has 0 amide bonds. The molecular formula is C23H21F3N6O4. The Morgan fingerprint density at radius 2 is 2.03 bits per heavy atom. The summed E-state index contributed by atoms with van der Waals surface area (Å²) in [5, 5.41) is 26.9. The first kappa shape index (κ1) is 24.7. The summed E-state index contributed by atoms with van der Waals surface area (Å²) in [6.07, 6.45) is -1.58. The fourth-order valence-electron chi connectivity index (χ4n) is 3.51. The molecular weight excluding hydrogens is 481 g/mol. The number of amidine groups is 1. The Kier molecular flexibility index (Phi) is 6.39. The molecule has 1 atom stereocenters. The lowest BCUT2D eigenvalue weighted by atomic mass is 10.1. The van der Waals surface area contributed by atoms with Crippen LogP contribution in [-0.4, -0.2) is 49.6 Å². The predicted molar refractivity (Wildman–Crippen MR) is 122 cm³/mol. The molecule has 1 aliphatic heterocycles. The van der Waals surface area contributed by atoms with Crippen LogP contribution in [0.15, 0.2) is 66.6 Å². The molecule has 2 heterocycles. The van der Waals surface area contributed by atoms with E-state index >= 15 is 0 Å². The minimum absolute atomic E-state index is 0.0643. The third-order valence-electron chi connectivity index (χ3n) is 5.37. The highest BCUT2D eigenvalue weighted by Crippen LogP contribution is 2.31. The van der Waals surface area contributed by atoms with Gasteiger partial charge in [0, 0.05) is 18.6 Å². The number of rotatable bonds is 7. The molecule has 0 saturated carbocycles. The predicted octanol–water partition coefficient (Wildman–Crippen LogP) is 4.50. The Bertz CT molecular complexity index is 1320.